The summed E-state index contributed by atoms with van der Waals surface area (Å²) in [6.45, 7) is 0. The fraction of sp³-hybridized carbons (Fsp3) is 0. The molecule has 0 unspecified atom stereocenters. The standard InChI is InChI=1S/C7H4Cl4OSi/c8-7(12)5-1-3-6(4-2-5)13(9,10)11/h1-4H. The van der Waals surface area contributed by atoms with Crippen molar-refractivity contribution in [3.63, 3.8) is 0 Å². The van der Waals surface area contributed by atoms with Gasteiger partial charge in [-0.2, -0.15) is 0 Å². The summed E-state index contributed by atoms with van der Waals surface area (Å²) in [5, 5.41) is 0.122. The molecule has 0 aliphatic rings. The van der Waals surface area contributed by atoms with Crippen molar-refractivity contribution in [2.75, 3.05) is 0 Å². The molecule has 1 aromatic carbocycles. The molecule has 0 amide bonds. The predicted octanol–water partition coefficient (Wildman–Crippen LogP) is 2.93. The molecule has 1 rings (SSSR count). The quantitative estimate of drug-likeness (QED) is 0.460. The summed E-state index contributed by atoms with van der Waals surface area (Å²) in [6, 6.07) is 3.47. The molecule has 1 nitrogen and oxygen atoms in total. The Labute approximate surface area is 95.7 Å². The van der Waals surface area contributed by atoms with E-state index in [0.717, 1.165) is 0 Å². The lowest BCUT2D eigenvalue weighted by Crippen LogP contribution is -2.29. The average molecular weight is 274 g/mol. The van der Waals surface area contributed by atoms with Gasteiger partial charge in [-0.05, 0) is 16.8 Å². The Morgan fingerprint density at radius 2 is 1.54 bits per heavy atom. The third kappa shape index (κ3) is 3.15. The highest BCUT2D eigenvalue weighted by atomic mass is 35.8. The average Bonchev–Trinajstić information content (AvgIpc) is 2.03. The highest BCUT2D eigenvalue weighted by Gasteiger charge is 2.27. The smallest absolute Gasteiger partial charge is 0.276 e. The van der Waals surface area contributed by atoms with E-state index in [0.29, 0.717) is 10.8 Å². The zero-order valence-electron chi connectivity index (χ0n) is 6.23. The first-order chi connectivity index (χ1) is 5.91. The van der Waals surface area contributed by atoms with Crippen LogP contribution in [0.3, 0.4) is 0 Å². The van der Waals surface area contributed by atoms with E-state index in [2.05, 4.69) is 0 Å². The Hall–Kier alpha value is 0.267. The van der Waals surface area contributed by atoms with Crippen molar-refractivity contribution < 1.29 is 4.79 Å². The summed E-state index contributed by atoms with van der Waals surface area (Å²) in [6.07, 6.45) is 0. The number of hydrogen-bond acceptors (Lipinski definition) is 1. The molecule has 0 saturated carbocycles. The van der Waals surface area contributed by atoms with Gasteiger partial charge in [0.25, 0.3) is 5.24 Å². The van der Waals surface area contributed by atoms with Crippen molar-refractivity contribution in [2.24, 2.45) is 0 Å². The second-order valence-electron chi connectivity index (χ2n) is 2.35. The van der Waals surface area contributed by atoms with Crippen LogP contribution in [0.1, 0.15) is 10.4 Å². The predicted molar refractivity (Wildman–Crippen MR) is 59.6 cm³/mol. The molecule has 0 spiro atoms. The van der Waals surface area contributed by atoms with Crippen LogP contribution in [-0.4, -0.2) is 11.2 Å². The van der Waals surface area contributed by atoms with Gasteiger partial charge < -0.3 is 0 Å². The van der Waals surface area contributed by atoms with Crippen LogP contribution in [-0.2, 0) is 0 Å². The van der Waals surface area contributed by atoms with Crippen LogP contribution in [0.15, 0.2) is 24.3 Å². The van der Waals surface area contributed by atoms with Crippen molar-refractivity contribution in [2.45, 2.75) is 0 Å². The molecule has 0 fully saturated rings. The van der Waals surface area contributed by atoms with Crippen LogP contribution in [0.2, 0.25) is 0 Å². The summed E-state index contributed by atoms with van der Waals surface area (Å²) in [7, 11) is 0. The normalized spacial score (nSPS) is 11.4. The molecule has 0 bridgehead atoms. The van der Waals surface area contributed by atoms with Gasteiger partial charge in [-0.25, -0.2) is 0 Å². The largest absolute Gasteiger partial charge is 0.372 e. The van der Waals surface area contributed by atoms with Gasteiger partial charge in [-0.3, -0.25) is 4.79 Å². The minimum absolute atomic E-state index is 0.397. The Morgan fingerprint density at radius 1 is 1.08 bits per heavy atom. The van der Waals surface area contributed by atoms with E-state index in [1.807, 2.05) is 0 Å². The number of halogens is 4. The molecule has 0 radical (unpaired) electrons. The summed E-state index contributed by atoms with van der Waals surface area (Å²) < 4.78 is 0. The molecule has 0 atom stereocenters. The van der Waals surface area contributed by atoms with E-state index in [9.17, 15) is 4.79 Å². The molecule has 0 saturated heterocycles. The highest BCUT2D eigenvalue weighted by molar-refractivity contribution is 7.69. The lowest BCUT2D eigenvalue weighted by atomic mass is 10.2. The van der Waals surface area contributed by atoms with Crippen LogP contribution >= 0.6 is 44.8 Å². The molecular weight excluding hydrogens is 270 g/mol. The van der Waals surface area contributed by atoms with Gasteiger partial charge in [0, 0.05) is 5.56 Å². The molecule has 13 heavy (non-hydrogen) atoms. The van der Waals surface area contributed by atoms with Crippen LogP contribution in [0.25, 0.3) is 0 Å². The first kappa shape index (κ1) is 11.3. The number of carbonyl (C=O) groups excluding carboxylic acids is 1. The maximum absolute atomic E-state index is 10.7. The van der Waals surface area contributed by atoms with Gasteiger partial charge in [-0.15, -0.1) is 33.2 Å². The van der Waals surface area contributed by atoms with E-state index in [1.165, 1.54) is 0 Å². The van der Waals surface area contributed by atoms with Crippen molar-refractivity contribution >= 4 is 61.3 Å². The van der Waals surface area contributed by atoms with Crippen molar-refractivity contribution in [1.29, 1.82) is 0 Å². The molecule has 0 N–H and O–H groups in total. The second-order valence-corrected chi connectivity index (χ2v) is 11.1. The fourth-order valence-electron chi connectivity index (χ4n) is 0.790. The minimum atomic E-state index is -2.83. The van der Waals surface area contributed by atoms with Crippen molar-refractivity contribution in [3.05, 3.63) is 29.8 Å². The van der Waals surface area contributed by atoms with E-state index in [4.69, 9.17) is 44.8 Å². The lowest BCUT2D eigenvalue weighted by Gasteiger charge is -2.07. The maximum atomic E-state index is 10.7. The summed E-state index contributed by atoms with van der Waals surface area (Å²) >= 11 is 22.5. The molecule has 70 valence electrons. The van der Waals surface area contributed by atoms with E-state index in [1.54, 1.807) is 24.3 Å². The Kier molecular flexibility index (Phi) is 3.66. The summed E-state index contributed by atoms with van der Waals surface area (Å²) in [5.41, 5.74) is 0.397. The van der Waals surface area contributed by atoms with Gasteiger partial charge in [0.05, 0.1) is 0 Å². The van der Waals surface area contributed by atoms with Crippen molar-refractivity contribution in [3.8, 4) is 0 Å². The van der Waals surface area contributed by atoms with E-state index >= 15 is 0 Å². The molecule has 0 aromatic heterocycles. The molecule has 0 aliphatic carbocycles. The molecule has 6 heteroatoms. The van der Waals surface area contributed by atoms with Gasteiger partial charge >= 0.3 is 6.00 Å². The minimum Gasteiger partial charge on any atom is -0.276 e. The Morgan fingerprint density at radius 3 is 1.85 bits per heavy atom. The summed E-state index contributed by atoms with van der Waals surface area (Å²) in [5.74, 6) is 0. The first-order valence-corrected chi connectivity index (χ1v) is 8.69. The fourth-order valence-corrected chi connectivity index (χ4v) is 2.59. The first-order valence-electron chi connectivity index (χ1n) is 3.28. The van der Waals surface area contributed by atoms with Crippen LogP contribution in [0.4, 0.5) is 0 Å². The van der Waals surface area contributed by atoms with Gasteiger partial charge in [0.2, 0.25) is 0 Å². The third-order valence-corrected chi connectivity index (χ3v) is 4.61. The maximum Gasteiger partial charge on any atom is 0.372 e. The van der Waals surface area contributed by atoms with E-state index in [-0.39, 0.29) is 0 Å². The topological polar surface area (TPSA) is 17.1 Å². The highest BCUT2D eigenvalue weighted by Crippen LogP contribution is 2.19. The third-order valence-electron chi connectivity index (χ3n) is 1.44. The molecular formula is C7H4Cl4OSi. The number of carbonyl (C=O) groups is 1. The second kappa shape index (κ2) is 4.19. The summed E-state index contributed by atoms with van der Waals surface area (Å²) in [4.78, 5) is 10.7. The van der Waals surface area contributed by atoms with Crippen LogP contribution in [0, 0.1) is 0 Å². The zero-order valence-corrected chi connectivity index (χ0v) is 10.3. The molecule has 0 aliphatic heterocycles. The van der Waals surface area contributed by atoms with Gasteiger partial charge in [0.1, 0.15) is 0 Å². The van der Waals surface area contributed by atoms with E-state index < -0.39 is 11.2 Å². The monoisotopic (exact) mass is 272 g/mol. The Balaban J connectivity index is 3.01. The lowest BCUT2D eigenvalue weighted by molar-refractivity contribution is 0.108. The molecule has 1 aromatic rings. The Bertz CT molecular complexity index is 316. The van der Waals surface area contributed by atoms with Crippen molar-refractivity contribution in [1.82, 2.24) is 0 Å². The zero-order chi connectivity index (χ0) is 10.1. The number of hydrogen-bond donors (Lipinski definition) is 0. The SMILES string of the molecule is O=C(Cl)c1ccc([Si](Cl)(Cl)Cl)cc1. The number of rotatable bonds is 2. The van der Waals surface area contributed by atoms with Gasteiger partial charge in [-0.1, -0.05) is 24.3 Å². The van der Waals surface area contributed by atoms with Crippen LogP contribution < -0.4 is 5.19 Å². The van der Waals surface area contributed by atoms with Gasteiger partial charge in [0.15, 0.2) is 0 Å². The number of benzene rings is 1. The van der Waals surface area contributed by atoms with Crippen LogP contribution in [0.5, 0.6) is 0 Å². The molecule has 0 heterocycles.